The Labute approximate surface area is 66.7 Å². The Hall–Kier alpha value is -1.25. The van der Waals surface area contributed by atoms with Gasteiger partial charge in [0.1, 0.15) is 0 Å². The van der Waals surface area contributed by atoms with Crippen molar-refractivity contribution in [1.82, 2.24) is 5.32 Å². The van der Waals surface area contributed by atoms with Gasteiger partial charge in [0, 0.05) is 6.54 Å². The second kappa shape index (κ2) is 8.75. The molecule has 0 aliphatic heterocycles. The highest BCUT2D eigenvalue weighted by Crippen LogP contribution is 1.82. The summed E-state index contributed by atoms with van der Waals surface area (Å²) in [5.74, 6) is 0. The average Bonchev–Trinajstić information content (AvgIpc) is 2.03. The Morgan fingerprint density at radius 3 is 2.91 bits per heavy atom. The van der Waals surface area contributed by atoms with Gasteiger partial charge in [0.25, 0.3) is 0 Å². The van der Waals surface area contributed by atoms with Crippen molar-refractivity contribution in [2.24, 2.45) is 0 Å². The Morgan fingerprint density at radius 2 is 2.27 bits per heavy atom. The van der Waals surface area contributed by atoms with Crippen molar-refractivity contribution in [3.63, 3.8) is 0 Å². The molecule has 11 heavy (non-hydrogen) atoms. The maximum Gasteiger partial charge on any atom is 0.207 e. The quantitative estimate of drug-likeness (QED) is 0.267. The largest absolute Gasteiger partial charge is 0.504 e. The summed E-state index contributed by atoms with van der Waals surface area (Å²) in [5.41, 5.74) is 0. The summed E-state index contributed by atoms with van der Waals surface area (Å²) in [5, 5.41) is 2.55. The van der Waals surface area contributed by atoms with Crippen LogP contribution in [0.5, 0.6) is 0 Å². The SMILES string of the molecule is CO/C=C/C=C/CCNC=O. The Bertz CT molecular complexity index is 141. The average molecular weight is 155 g/mol. The van der Waals surface area contributed by atoms with Crippen LogP contribution in [-0.2, 0) is 9.53 Å². The molecule has 1 N–H and O–H groups in total. The number of hydrogen-bond acceptors (Lipinski definition) is 2. The molecule has 0 heterocycles. The highest BCUT2D eigenvalue weighted by Gasteiger charge is 1.75. The summed E-state index contributed by atoms with van der Waals surface area (Å²) < 4.78 is 4.67. The van der Waals surface area contributed by atoms with E-state index < -0.39 is 0 Å². The van der Waals surface area contributed by atoms with Crippen LogP contribution in [0.4, 0.5) is 0 Å². The first-order valence-corrected chi connectivity index (χ1v) is 3.43. The molecule has 3 nitrogen and oxygen atoms in total. The highest BCUT2D eigenvalue weighted by molar-refractivity contribution is 5.45. The summed E-state index contributed by atoms with van der Waals surface area (Å²) in [6, 6.07) is 0. The van der Waals surface area contributed by atoms with Crippen LogP contribution in [0.25, 0.3) is 0 Å². The van der Waals surface area contributed by atoms with Crippen molar-refractivity contribution in [1.29, 1.82) is 0 Å². The smallest absolute Gasteiger partial charge is 0.207 e. The van der Waals surface area contributed by atoms with E-state index >= 15 is 0 Å². The molecule has 1 amide bonds. The number of allylic oxidation sites excluding steroid dienone is 2. The zero-order valence-electron chi connectivity index (χ0n) is 6.62. The van der Waals surface area contributed by atoms with E-state index in [1.165, 1.54) is 0 Å². The van der Waals surface area contributed by atoms with Crippen LogP contribution in [0, 0.1) is 0 Å². The van der Waals surface area contributed by atoms with Crippen LogP contribution < -0.4 is 5.32 Å². The fourth-order valence-corrected chi connectivity index (χ4v) is 0.524. The minimum atomic E-state index is 0.681. The van der Waals surface area contributed by atoms with E-state index in [-0.39, 0.29) is 0 Å². The predicted molar refractivity (Wildman–Crippen MR) is 44.0 cm³/mol. The van der Waals surface area contributed by atoms with E-state index in [4.69, 9.17) is 0 Å². The van der Waals surface area contributed by atoms with Gasteiger partial charge in [-0.3, -0.25) is 4.79 Å². The number of rotatable bonds is 6. The molecule has 62 valence electrons. The van der Waals surface area contributed by atoms with Gasteiger partial charge in [-0.2, -0.15) is 0 Å². The molecule has 0 saturated heterocycles. The van der Waals surface area contributed by atoms with Crippen LogP contribution in [0.15, 0.2) is 24.5 Å². The minimum Gasteiger partial charge on any atom is -0.504 e. The van der Waals surface area contributed by atoms with E-state index in [1.807, 2.05) is 12.2 Å². The number of amides is 1. The number of carbonyl (C=O) groups is 1. The first-order chi connectivity index (χ1) is 5.41. The lowest BCUT2D eigenvalue weighted by Gasteiger charge is -1.89. The number of ether oxygens (including phenoxy) is 1. The standard InChI is InChI=1S/C8H13NO2/c1-11-7-5-3-2-4-6-9-8-10/h2-3,5,7-8H,4,6H2,1H3,(H,9,10)/b3-2+,7-5+. The van der Waals surface area contributed by atoms with Crippen LogP contribution in [-0.4, -0.2) is 20.1 Å². The third-order valence-corrected chi connectivity index (χ3v) is 1.00. The fourth-order valence-electron chi connectivity index (χ4n) is 0.524. The normalized spacial score (nSPS) is 10.6. The number of methoxy groups -OCH3 is 1. The number of nitrogens with one attached hydrogen (secondary N) is 1. The van der Waals surface area contributed by atoms with Gasteiger partial charge in [0.2, 0.25) is 6.41 Å². The van der Waals surface area contributed by atoms with Crippen LogP contribution in [0.1, 0.15) is 6.42 Å². The second-order valence-corrected chi connectivity index (χ2v) is 1.85. The van der Waals surface area contributed by atoms with Crippen LogP contribution >= 0.6 is 0 Å². The molecule has 0 saturated carbocycles. The van der Waals surface area contributed by atoms with E-state index in [0.29, 0.717) is 13.0 Å². The van der Waals surface area contributed by atoms with Crippen molar-refractivity contribution < 1.29 is 9.53 Å². The minimum absolute atomic E-state index is 0.681. The molecule has 0 atom stereocenters. The second-order valence-electron chi connectivity index (χ2n) is 1.85. The molecule has 0 fully saturated rings. The zero-order valence-corrected chi connectivity index (χ0v) is 6.62. The molecular weight excluding hydrogens is 142 g/mol. The van der Waals surface area contributed by atoms with Gasteiger partial charge >= 0.3 is 0 Å². The maximum absolute atomic E-state index is 9.77. The molecule has 0 spiro atoms. The van der Waals surface area contributed by atoms with Gasteiger partial charge < -0.3 is 10.1 Å². The number of carbonyl (C=O) groups excluding carboxylic acids is 1. The molecule has 0 radical (unpaired) electrons. The molecule has 0 unspecified atom stereocenters. The van der Waals surface area contributed by atoms with E-state index in [9.17, 15) is 4.79 Å². The fraction of sp³-hybridized carbons (Fsp3) is 0.375. The Morgan fingerprint density at radius 1 is 1.45 bits per heavy atom. The van der Waals surface area contributed by atoms with E-state index in [0.717, 1.165) is 6.42 Å². The van der Waals surface area contributed by atoms with E-state index in [2.05, 4.69) is 10.1 Å². The summed E-state index contributed by atoms with van der Waals surface area (Å²) in [6.07, 6.45) is 8.73. The number of hydrogen-bond donors (Lipinski definition) is 1. The molecule has 0 aromatic heterocycles. The molecule has 0 aromatic rings. The molecule has 0 rings (SSSR count). The molecule has 3 heteroatoms. The van der Waals surface area contributed by atoms with Gasteiger partial charge in [-0.1, -0.05) is 12.2 Å². The molecule has 0 bridgehead atoms. The van der Waals surface area contributed by atoms with Gasteiger partial charge in [0.05, 0.1) is 13.4 Å². The van der Waals surface area contributed by atoms with Gasteiger partial charge in [-0.05, 0) is 12.5 Å². The Kier molecular flexibility index (Phi) is 7.76. The van der Waals surface area contributed by atoms with Crippen LogP contribution in [0.3, 0.4) is 0 Å². The molecular formula is C8H13NO2. The third-order valence-electron chi connectivity index (χ3n) is 1.00. The topological polar surface area (TPSA) is 38.3 Å². The van der Waals surface area contributed by atoms with Crippen molar-refractivity contribution in [2.75, 3.05) is 13.7 Å². The molecule has 0 aliphatic carbocycles. The molecule has 0 aromatic carbocycles. The summed E-state index contributed by atoms with van der Waals surface area (Å²) in [6.45, 7) is 0.681. The lowest BCUT2D eigenvalue weighted by molar-refractivity contribution is -0.109. The van der Waals surface area contributed by atoms with Gasteiger partial charge in [-0.15, -0.1) is 0 Å². The first-order valence-electron chi connectivity index (χ1n) is 3.43. The van der Waals surface area contributed by atoms with Gasteiger partial charge in [-0.25, -0.2) is 0 Å². The van der Waals surface area contributed by atoms with Crippen molar-refractivity contribution in [3.8, 4) is 0 Å². The van der Waals surface area contributed by atoms with E-state index in [1.54, 1.807) is 19.4 Å². The highest BCUT2D eigenvalue weighted by atomic mass is 16.5. The van der Waals surface area contributed by atoms with Crippen LogP contribution in [0.2, 0.25) is 0 Å². The van der Waals surface area contributed by atoms with Crippen molar-refractivity contribution >= 4 is 6.41 Å². The first kappa shape index (κ1) is 9.75. The monoisotopic (exact) mass is 155 g/mol. The predicted octanol–water partition coefficient (Wildman–Crippen LogP) is 0.839. The summed E-state index contributed by atoms with van der Waals surface area (Å²) >= 11 is 0. The van der Waals surface area contributed by atoms with Gasteiger partial charge in [0.15, 0.2) is 0 Å². The summed E-state index contributed by atoms with van der Waals surface area (Å²) in [7, 11) is 1.60. The lowest BCUT2D eigenvalue weighted by Crippen LogP contribution is -2.10. The Balaban J connectivity index is 3.15. The third kappa shape index (κ3) is 8.75. The summed E-state index contributed by atoms with van der Waals surface area (Å²) in [4.78, 5) is 9.77. The van der Waals surface area contributed by atoms with Crippen molar-refractivity contribution in [3.05, 3.63) is 24.5 Å². The molecule has 0 aliphatic rings. The van der Waals surface area contributed by atoms with Crippen molar-refractivity contribution in [2.45, 2.75) is 6.42 Å². The maximum atomic E-state index is 9.77. The zero-order chi connectivity index (χ0) is 8.36. The lowest BCUT2D eigenvalue weighted by atomic mass is 10.4.